The van der Waals surface area contributed by atoms with Crippen LogP contribution >= 0.6 is 0 Å². The highest BCUT2D eigenvalue weighted by molar-refractivity contribution is 4.96. The molecule has 0 N–H and O–H groups in total. The van der Waals surface area contributed by atoms with Crippen LogP contribution in [-0.4, -0.2) is 23.0 Å². The topological polar surface area (TPSA) is 3.24 Å². The Labute approximate surface area is 71.3 Å². The number of hydrogen-bond donors (Lipinski definition) is 0. The molecule has 2 atom stereocenters. The molecule has 1 aliphatic heterocycles. The van der Waals surface area contributed by atoms with Crippen molar-refractivity contribution in [2.24, 2.45) is 5.92 Å². The summed E-state index contributed by atoms with van der Waals surface area (Å²) in [6, 6.07) is 0.931. The van der Waals surface area contributed by atoms with Crippen molar-refractivity contribution in [1.29, 1.82) is 0 Å². The highest BCUT2D eigenvalue weighted by atomic mass is 15.2. The molecule has 2 bridgehead atoms. The van der Waals surface area contributed by atoms with Crippen LogP contribution in [0.25, 0.3) is 0 Å². The van der Waals surface area contributed by atoms with E-state index in [0.29, 0.717) is 5.54 Å². The van der Waals surface area contributed by atoms with Crippen molar-refractivity contribution < 1.29 is 1.43 Å². The van der Waals surface area contributed by atoms with Crippen molar-refractivity contribution in [3.05, 3.63) is 0 Å². The smallest absolute Gasteiger partial charge is 0.0128 e. The van der Waals surface area contributed by atoms with Crippen molar-refractivity contribution in [2.45, 2.75) is 51.6 Å². The highest BCUT2D eigenvalue weighted by Gasteiger charge is 2.42. The van der Waals surface area contributed by atoms with Crippen molar-refractivity contribution in [3.63, 3.8) is 0 Å². The maximum Gasteiger partial charge on any atom is 0.0128 e. The lowest BCUT2D eigenvalue weighted by Crippen LogP contribution is -2.45. The summed E-state index contributed by atoms with van der Waals surface area (Å²) in [6.45, 7) is 8.39. The zero-order valence-corrected chi connectivity index (χ0v) is 7.93. The van der Waals surface area contributed by atoms with Crippen LogP contribution in [0.15, 0.2) is 0 Å². The maximum absolute atomic E-state index is 2.70. The second kappa shape index (κ2) is 2.22. The first-order valence-corrected chi connectivity index (χ1v) is 4.84. The molecule has 1 nitrogen and oxygen atoms in total. The number of rotatable bonds is 0. The molecule has 1 heteroatoms. The minimum absolute atomic E-state index is 0. The fourth-order valence-electron chi connectivity index (χ4n) is 2.75. The van der Waals surface area contributed by atoms with Gasteiger partial charge in [-0.2, -0.15) is 0 Å². The van der Waals surface area contributed by atoms with Gasteiger partial charge in [0.05, 0.1) is 0 Å². The van der Waals surface area contributed by atoms with Gasteiger partial charge in [-0.05, 0) is 46.0 Å². The summed E-state index contributed by atoms with van der Waals surface area (Å²) < 4.78 is 0. The Hall–Kier alpha value is -0.0400. The van der Waals surface area contributed by atoms with E-state index >= 15 is 0 Å². The average molecular weight is 156 g/mol. The standard InChI is InChI=1S/C10H19N.H2/c1-10(2,3)11-7-8-4-5-9(11)6-8;/h8-9H,4-7H2,1-3H3;1H/i;1+1. The summed E-state index contributed by atoms with van der Waals surface area (Å²) in [7, 11) is 0. The minimum atomic E-state index is 0. The zero-order valence-electron chi connectivity index (χ0n) is 7.93. The van der Waals surface area contributed by atoms with Crippen molar-refractivity contribution in [2.75, 3.05) is 6.54 Å². The Balaban J connectivity index is 0.000000720. The fraction of sp³-hybridized carbons (Fsp3) is 1.00. The van der Waals surface area contributed by atoms with E-state index in [0.717, 1.165) is 12.0 Å². The van der Waals surface area contributed by atoms with E-state index in [4.69, 9.17) is 0 Å². The first kappa shape index (κ1) is 7.60. The Bertz CT molecular complexity index is 162. The molecule has 0 aromatic rings. The monoisotopic (exact) mass is 156 g/mol. The molecule has 2 aliphatic rings. The van der Waals surface area contributed by atoms with Crippen LogP contribution in [0.2, 0.25) is 0 Å². The molecule has 66 valence electrons. The van der Waals surface area contributed by atoms with E-state index in [1.165, 1.54) is 25.8 Å². The molecule has 1 heterocycles. The number of fused-ring (bicyclic) bond motifs is 2. The molecule has 0 amide bonds. The minimum Gasteiger partial charge on any atom is -0.295 e. The van der Waals surface area contributed by atoms with Crippen LogP contribution in [-0.2, 0) is 0 Å². The molecule has 0 radical (unpaired) electrons. The lowest BCUT2D eigenvalue weighted by atomic mass is 10.0. The molecule has 0 aromatic carbocycles. The molecule has 2 fully saturated rings. The van der Waals surface area contributed by atoms with Gasteiger partial charge in [0.2, 0.25) is 0 Å². The predicted octanol–water partition coefficient (Wildman–Crippen LogP) is 2.52. The molecule has 1 saturated carbocycles. The maximum atomic E-state index is 2.70. The van der Waals surface area contributed by atoms with Gasteiger partial charge < -0.3 is 0 Å². The van der Waals surface area contributed by atoms with Gasteiger partial charge in [-0.25, -0.2) is 0 Å². The van der Waals surface area contributed by atoms with Crippen LogP contribution in [0, 0.1) is 5.92 Å². The first-order valence-electron chi connectivity index (χ1n) is 4.84. The fourth-order valence-corrected chi connectivity index (χ4v) is 2.75. The van der Waals surface area contributed by atoms with E-state index in [9.17, 15) is 0 Å². The quantitative estimate of drug-likeness (QED) is 0.521. The zero-order chi connectivity index (χ0) is 8.06. The van der Waals surface area contributed by atoms with E-state index in [-0.39, 0.29) is 1.43 Å². The average Bonchev–Trinajstić information content (AvgIpc) is 2.42. The normalized spacial score (nSPS) is 38.5. The third-order valence-corrected chi connectivity index (χ3v) is 3.27. The van der Waals surface area contributed by atoms with Crippen LogP contribution in [0.4, 0.5) is 0 Å². The number of nitrogens with zero attached hydrogens (tertiary/aromatic N) is 1. The second-order valence-electron chi connectivity index (χ2n) is 5.16. The first-order chi connectivity index (χ1) is 5.07. The molecule has 11 heavy (non-hydrogen) atoms. The predicted molar refractivity (Wildman–Crippen MR) is 49.7 cm³/mol. The number of hydrogen-bond acceptors (Lipinski definition) is 1. The number of piperidine rings is 1. The van der Waals surface area contributed by atoms with Crippen LogP contribution in [0.1, 0.15) is 41.5 Å². The molecule has 1 aliphatic carbocycles. The van der Waals surface area contributed by atoms with Gasteiger partial charge in [0.25, 0.3) is 0 Å². The van der Waals surface area contributed by atoms with Gasteiger partial charge in [-0.1, -0.05) is 0 Å². The van der Waals surface area contributed by atoms with E-state index in [1.54, 1.807) is 0 Å². The summed E-state index contributed by atoms with van der Waals surface area (Å²) in [5.41, 5.74) is 0.417. The molecular weight excluding hydrogens is 134 g/mol. The van der Waals surface area contributed by atoms with Gasteiger partial charge in [0.15, 0.2) is 0 Å². The molecule has 0 spiro atoms. The van der Waals surface area contributed by atoms with Crippen molar-refractivity contribution >= 4 is 0 Å². The SMILES string of the molecule is CC(C)(C)N1CC2CCC1C2.[2HH]. The van der Waals surface area contributed by atoms with Gasteiger partial charge in [-0.3, -0.25) is 4.90 Å². The van der Waals surface area contributed by atoms with Gasteiger partial charge >= 0.3 is 0 Å². The third kappa shape index (κ3) is 1.20. The Kier molecular flexibility index (Phi) is 1.54. The summed E-state index contributed by atoms with van der Waals surface area (Å²) in [4.78, 5) is 2.70. The van der Waals surface area contributed by atoms with E-state index in [2.05, 4.69) is 25.7 Å². The molecule has 0 aromatic heterocycles. The Morgan fingerprint density at radius 2 is 2.00 bits per heavy atom. The molecular formula is C10H21N. The van der Waals surface area contributed by atoms with Gasteiger partial charge in [0.1, 0.15) is 0 Å². The largest absolute Gasteiger partial charge is 0.295 e. The summed E-state index contributed by atoms with van der Waals surface area (Å²) in [5.74, 6) is 1.04. The number of likely N-dealkylation sites (tertiary alicyclic amines) is 1. The highest BCUT2D eigenvalue weighted by Crippen LogP contribution is 2.40. The lowest BCUT2D eigenvalue weighted by Gasteiger charge is -2.38. The summed E-state index contributed by atoms with van der Waals surface area (Å²) in [5, 5.41) is 0. The van der Waals surface area contributed by atoms with Crippen LogP contribution in [0.5, 0.6) is 0 Å². The van der Waals surface area contributed by atoms with E-state index in [1.807, 2.05) is 0 Å². The molecule has 1 saturated heterocycles. The molecule has 2 rings (SSSR count). The summed E-state index contributed by atoms with van der Waals surface area (Å²) >= 11 is 0. The van der Waals surface area contributed by atoms with Gasteiger partial charge in [0, 0.05) is 19.6 Å². The van der Waals surface area contributed by atoms with Crippen LogP contribution < -0.4 is 0 Å². The Morgan fingerprint density at radius 1 is 1.27 bits per heavy atom. The molecule has 2 unspecified atom stereocenters. The van der Waals surface area contributed by atoms with Crippen molar-refractivity contribution in [3.8, 4) is 0 Å². The van der Waals surface area contributed by atoms with Crippen molar-refractivity contribution in [1.82, 2.24) is 4.90 Å². The van der Waals surface area contributed by atoms with E-state index < -0.39 is 0 Å². The second-order valence-corrected chi connectivity index (χ2v) is 5.16. The third-order valence-electron chi connectivity index (χ3n) is 3.27. The summed E-state index contributed by atoms with van der Waals surface area (Å²) in [6.07, 6.45) is 4.44. The van der Waals surface area contributed by atoms with Gasteiger partial charge in [-0.15, -0.1) is 0 Å². The lowest BCUT2D eigenvalue weighted by molar-refractivity contribution is 0.0974. The Morgan fingerprint density at radius 3 is 2.27 bits per heavy atom. The van der Waals surface area contributed by atoms with Crippen LogP contribution in [0.3, 0.4) is 0 Å².